The van der Waals surface area contributed by atoms with Gasteiger partial charge in [0, 0.05) is 24.7 Å². The summed E-state index contributed by atoms with van der Waals surface area (Å²) in [4.78, 5) is 2.21. The molecule has 2 bridgehead atoms. The van der Waals surface area contributed by atoms with Crippen molar-refractivity contribution >= 4 is 5.57 Å². The molecular weight excluding hydrogens is 239 g/mol. The van der Waals surface area contributed by atoms with Crippen LogP contribution in [0, 0.1) is 23.4 Å². The van der Waals surface area contributed by atoms with Crippen LogP contribution in [0.2, 0.25) is 0 Å². The quantitative estimate of drug-likeness (QED) is 0.782. The van der Waals surface area contributed by atoms with E-state index in [0.717, 1.165) is 31.6 Å². The molecule has 3 rings (SSSR count). The standard InChI is InChI=1S/C14H14F3N/c1-2-18-7-8-3-10(13(18)4-8)14-11(16)5-9(15)6-12(14)17/h3,5-6,8,13H,2,4,7H2,1H3. The Morgan fingerprint density at radius 3 is 2.44 bits per heavy atom. The third-order valence-corrected chi connectivity index (χ3v) is 3.91. The summed E-state index contributed by atoms with van der Waals surface area (Å²) in [5.74, 6) is -2.11. The fourth-order valence-corrected chi connectivity index (χ4v) is 3.17. The molecule has 2 aliphatic rings. The van der Waals surface area contributed by atoms with Crippen LogP contribution in [0.15, 0.2) is 18.2 Å². The molecule has 0 aromatic heterocycles. The molecule has 1 aliphatic carbocycles. The minimum absolute atomic E-state index is 0.0537. The smallest absolute Gasteiger partial charge is 0.136 e. The first-order valence-electron chi connectivity index (χ1n) is 6.20. The van der Waals surface area contributed by atoms with Crippen LogP contribution in [0.4, 0.5) is 13.2 Å². The summed E-state index contributed by atoms with van der Waals surface area (Å²) < 4.78 is 40.5. The van der Waals surface area contributed by atoms with E-state index in [0.29, 0.717) is 11.5 Å². The van der Waals surface area contributed by atoms with Crippen LogP contribution in [-0.4, -0.2) is 24.0 Å². The number of rotatable bonds is 2. The summed E-state index contributed by atoms with van der Waals surface area (Å²) in [6.07, 6.45) is 2.86. The van der Waals surface area contributed by atoms with Crippen LogP contribution < -0.4 is 0 Å². The molecule has 1 saturated heterocycles. The van der Waals surface area contributed by atoms with Crippen molar-refractivity contribution < 1.29 is 13.2 Å². The normalized spacial score (nSPS) is 26.8. The Morgan fingerprint density at radius 2 is 1.89 bits per heavy atom. The predicted molar refractivity (Wildman–Crippen MR) is 63.4 cm³/mol. The zero-order valence-corrected chi connectivity index (χ0v) is 10.1. The van der Waals surface area contributed by atoms with Crippen molar-refractivity contribution in [2.75, 3.05) is 13.1 Å². The summed E-state index contributed by atoms with van der Waals surface area (Å²) in [5.41, 5.74) is 0.630. The van der Waals surface area contributed by atoms with E-state index in [1.54, 1.807) is 0 Å². The van der Waals surface area contributed by atoms with Gasteiger partial charge in [-0.3, -0.25) is 4.90 Å². The van der Waals surface area contributed by atoms with Crippen LogP contribution in [0.25, 0.3) is 5.57 Å². The monoisotopic (exact) mass is 253 g/mol. The molecule has 18 heavy (non-hydrogen) atoms. The van der Waals surface area contributed by atoms with Crippen molar-refractivity contribution in [2.24, 2.45) is 5.92 Å². The van der Waals surface area contributed by atoms with Gasteiger partial charge in [0.25, 0.3) is 0 Å². The molecule has 0 saturated carbocycles. The number of nitrogens with zero attached hydrogens (tertiary/aromatic N) is 1. The van der Waals surface area contributed by atoms with E-state index in [4.69, 9.17) is 0 Å². The lowest BCUT2D eigenvalue weighted by Crippen LogP contribution is -2.32. The molecule has 96 valence electrons. The van der Waals surface area contributed by atoms with Gasteiger partial charge < -0.3 is 0 Å². The van der Waals surface area contributed by atoms with Gasteiger partial charge in [0.05, 0.1) is 5.56 Å². The van der Waals surface area contributed by atoms with E-state index in [2.05, 4.69) is 4.90 Å². The maximum absolute atomic E-state index is 13.8. The zero-order chi connectivity index (χ0) is 12.9. The van der Waals surface area contributed by atoms with Gasteiger partial charge in [-0.2, -0.15) is 0 Å². The lowest BCUT2D eigenvalue weighted by molar-refractivity contribution is 0.301. The molecule has 1 aromatic rings. The summed E-state index contributed by atoms with van der Waals surface area (Å²) in [6, 6.07) is 1.58. The molecule has 0 amide bonds. The summed E-state index contributed by atoms with van der Waals surface area (Å²) in [7, 11) is 0. The third-order valence-electron chi connectivity index (χ3n) is 3.91. The summed E-state index contributed by atoms with van der Waals surface area (Å²) in [6.45, 7) is 3.85. The predicted octanol–water partition coefficient (Wildman–Crippen LogP) is 3.21. The SMILES string of the molecule is CCN1CC2C=C(c3c(F)cc(F)cc3F)C1C2. The average molecular weight is 253 g/mol. The van der Waals surface area contributed by atoms with Crippen molar-refractivity contribution in [1.82, 2.24) is 4.90 Å². The van der Waals surface area contributed by atoms with Crippen LogP contribution in [0.5, 0.6) is 0 Å². The number of fused-ring (bicyclic) bond motifs is 2. The molecule has 2 unspecified atom stereocenters. The minimum atomic E-state index is -0.871. The molecule has 1 fully saturated rings. The first kappa shape index (κ1) is 11.8. The minimum Gasteiger partial charge on any atom is -0.296 e. The highest BCUT2D eigenvalue weighted by atomic mass is 19.1. The fraction of sp³-hybridized carbons (Fsp3) is 0.429. The van der Waals surface area contributed by atoms with Crippen molar-refractivity contribution in [2.45, 2.75) is 19.4 Å². The number of hydrogen-bond donors (Lipinski definition) is 0. The van der Waals surface area contributed by atoms with Gasteiger partial charge in [0.2, 0.25) is 0 Å². The largest absolute Gasteiger partial charge is 0.296 e. The van der Waals surface area contributed by atoms with Crippen molar-refractivity contribution in [3.05, 3.63) is 41.2 Å². The van der Waals surface area contributed by atoms with E-state index in [1.165, 1.54) is 0 Å². The van der Waals surface area contributed by atoms with Crippen molar-refractivity contribution in [3.8, 4) is 0 Å². The maximum Gasteiger partial charge on any atom is 0.136 e. The van der Waals surface area contributed by atoms with Gasteiger partial charge in [-0.05, 0) is 24.5 Å². The fourth-order valence-electron chi connectivity index (χ4n) is 3.17. The Bertz CT molecular complexity index is 501. The highest BCUT2D eigenvalue weighted by Crippen LogP contribution is 2.42. The van der Waals surface area contributed by atoms with E-state index < -0.39 is 17.5 Å². The second-order valence-electron chi connectivity index (χ2n) is 4.97. The molecule has 4 heteroatoms. The number of hydrogen-bond acceptors (Lipinski definition) is 1. The Labute approximate surface area is 104 Å². The van der Waals surface area contributed by atoms with Crippen LogP contribution in [-0.2, 0) is 0 Å². The summed E-state index contributed by atoms with van der Waals surface area (Å²) in [5, 5.41) is 0. The topological polar surface area (TPSA) is 3.24 Å². The number of likely N-dealkylation sites (N-methyl/N-ethyl adjacent to an activating group) is 1. The Hall–Kier alpha value is -1.29. The second kappa shape index (κ2) is 4.12. The van der Waals surface area contributed by atoms with Gasteiger partial charge in [-0.1, -0.05) is 13.0 Å². The average Bonchev–Trinajstić information content (AvgIpc) is 2.86. The van der Waals surface area contributed by atoms with E-state index in [-0.39, 0.29) is 11.6 Å². The molecule has 1 aliphatic heterocycles. The van der Waals surface area contributed by atoms with Gasteiger partial charge in [0.15, 0.2) is 0 Å². The van der Waals surface area contributed by atoms with Crippen molar-refractivity contribution in [1.29, 1.82) is 0 Å². The molecule has 1 heterocycles. The number of halogens is 3. The lowest BCUT2D eigenvalue weighted by Gasteiger charge is -2.27. The van der Waals surface area contributed by atoms with E-state index in [1.807, 2.05) is 13.0 Å². The van der Waals surface area contributed by atoms with Crippen LogP contribution in [0.1, 0.15) is 18.9 Å². The molecule has 0 N–H and O–H groups in total. The first-order chi connectivity index (χ1) is 8.60. The van der Waals surface area contributed by atoms with Crippen LogP contribution >= 0.6 is 0 Å². The molecule has 2 atom stereocenters. The summed E-state index contributed by atoms with van der Waals surface area (Å²) >= 11 is 0. The Balaban J connectivity index is 2.05. The third kappa shape index (κ3) is 1.67. The van der Waals surface area contributed by atoms with Gasteiger partial charge in [0.1, 0.15) is 17.5 Å². The maximum atomic E-state index is 13.8. The number of likely N-dealkylation sites (tertiary alicyclic amines) is 1. The molecule has 1 nitrogen and oxygen atoms in total. The first-order valence-corrected chi connectivity index (χ1v) is 6.20. The zero-order valence-electron chi connectivity index (χ0n) is 10.1. The van der Waals surface area contributed by atoms with Crippen molar-refractivity contribution in [3.63, 3.8) is 0 Å². The molecule has 0 radical (unpaired) electrons. The molecule has 1 aromatic carbocycles. The van der Waals surface area contributed by atoms with Crippen LogP contribution in [0.3, 0.4) is 0 Å². The highest BCUT2D eigenvalue weighted by molar-refractivity contribution is 5.74. The van der Waals surface area contributed by atoms with Gasteiger partial charge in [-0.25, -0.2) is 13.2 Å². The molecular formula is C14H14F3N. The van der Waals surface area contributed by atoms with E-state index >= 15 is 0 Å². The molecule has 0 spiro atoms. The Kier molecular flexibility index (Phi) is 2.70. The lowest BCUT2D eigenvalue weighted by atomic mass is 9.99. The van der Waals surface area contributed by atoms with Gasteiger partial charge in [-0.15, -0.1) is 0 Å². The van der Waals surface area contributed by atoms with E-state index in [9.17, 15) is 13.2 Å². The number of benzene rings is 1. The van der Waals surface area contributed by atoms with Gasteiger partial charge >= 0.3 is 0 Å². The second-order valence-corrected chi connectivity index (χ2v) is 4.97. The Morgan fingerprint density at radius 1 is 1.22 bits per heavy atom. The highest BCUT2D eigenvalue weighted by Gasteiger charge is 2.40.